The number of halogens is 1. The summed E-state index contributed by atoms with van der Waals surface area (Å²) >= 11 is 11.1. The van der Waals surface area contributed by atoms with E-state index in [1.165, 1.54) is 7.11 Å². The van der Waals surface area contributed by atoms with Crippen LogP contribution in [0.4, 0.5) is 5.69 Å². The molecule has 0 aliphatic rings. The molecule has 0 fully saturated rings. The molecule has 1 amide bonds. The van der Waals surface area contributed by atoms with Crippen LogP contribution in [0.25, 0.3) is 0 Å². The fourth-order valence-corrected chi connectivity index (χ4v) is 2.46. The number of carbonyl (C=O) groups excluding carboxylic acids is 1. The van der Waals surface area contributed by atoms with Crippen molar-refractivity contribution in [2.24, 2.45) is 5.10 Å². The molecule has 2 aromatic carbocycles. The molecule has 2 rings (SSSR count). The van der Waals surface area contributed by atoms with E-state index in [4.69, 9.17) is 33.3 Å². The predicted molar refractivity (Wildman–Crippen MR) is 120 cm³/mol. The fraction of sp³-hybridized carbons (Fsp3) is 0.150. The molecule has 3 N–H and O–H groups in total. The molecule has 0 unspecified atom stereocenters. The Morgan fingerprint density at radius 1 is 1.28 bits per heavy atom. The molecule has 2 aromatic rings. The molecule has 0 spiro atoms. The van der Waals surface area contributed by atoms with Crippen LogP contribution in [0.5, 0.6) is 11.5 Å². The van der Waals surface area contributed by atoms with Crippen molar-refractivity contribution in [1.29, 1.82) is 0 Å². The molecule has 152 valence electrons. The average Bonchev–Trinajstić information content (AvgIpc) is 2.72. The summed E-state index contributed by atoms with van der Waals surface area (Å²) in [4.78, 5) is 12.1. The van der Waals surface area contributed by atoms with Crippen LogP contribution < -0.4 is 25.5 Å². The van der Waals surface area contributed by atoms with E-state index in [0.717, 1.165) is 5.56 Å². The number of benzene rings is 2. The molecule has 29 heavy (non-hydrogen) atoms. The molecule has 0 saturated heterocycles. The molecule has 0 saturated carbocycles. The van der Waals surface area contributed by atoms with Crippen molar-refractivity contribution in [3.05, 3.63) is 65.7 Å². The van der Waals surface area contributed by atoms with Gasteiger partial charge >= 0.3 is 0 Å². The molecule has 0 aliphatic carbocycles. The number of hydrogen-bond donors (Lipinski definition) is 3. The number of anilines is 1. The maximum Gasteiger partial charge on any atom is 0.262 e. The van der Waals surface area contributed by atoms with E-state index in [0.29, 0.717) is 33.9 Å². The standard InChI is InChI=1S/C20H21ClN4O3S/c1-3-10-22-20(29)25-23-12-14-8-9-17(18(11-14)27-2)28-13-19(26)24-16-7-5-4-6-15(16)21/h3-9,11-12H,1,10,13H2,2H3,(H,24,26)(H2,22,25,29)/b23-12+. The Bertz CT molecular complexity index is 905. The van der Waals surface area contributed by atoms with E-state index in [1.54, 1.807) is 54.8 Å². The summed E-state index contributed by atoms with van der Waals surface area (Å²) in [6.07, 6.45) is 3.27. The largest absolute Gasteiger partial charge is 0.493 e. The highest BCUT2D eigenvalue weighted by atomic mass is 35.5. The van der Waals surface area contributed by atoms with Crippen molar-refractivity contribution in [2.75, 3.05) is 25.6 Å². The van der Waals surface area contributed by atoms with Gasteiger partial charge in [-0.15, -0.1) is 6.58 Å². The molecule has 0 aliphatic heterocycles. The summed E-state index contributed by atoms with van der Waals surface area (Å²) < 4.78 is 10.9. The van der Waals surface area contributed by atoms with Gasteiger partial charge in [-0.05, 0) is 48.1 Å². The van der Waals surface area contributed by atoms with Gasteiger partial charge in [-0.25, -0.2) is 0 Å². The summed E-state index contributed by atoms with van der Waals surface area (Å²) in [5.74, 6) is 0.553. The molecule has 0 atom stereocenters. The molecular weight excluding hydrogens is 412 g/mol. The van der Waals surface area contributed by atoms with E-state index in [-0.39, 0.29) is 12.5 Å². The van der Waals surface area contributed by atoms with Gasteiger partial charge in [0.25, 0.3) is 5.91 Å². The van der Waals surface area contributed by atoms with Crippen LogP contribution in [0, 0.1) is 0 Å². The Hall–Kier alpha value is -3.10. The minimum atomic E-state index is -0.337. The monoisotopic (exact) mass is 432 g/mol. The molecule has 0 aromatic heterocycles. The third-order valence-corrected chi connectivity index (χ3v) is 4.05. The van der Waals surface area contributed by atoms with Crippen molar-refractivity contribution in [2.45, 2.75) is 0 Å². The minimum Gasteiger partial charge on any atom is -0.493 e. The zero-order valence-corrected chi connectivity index (χ0v) is 17.3. The Morgan fingerprint density at radius 2 is 2.07 bits per heavy atom. The normalized spacial score (nSPS) is 10.3. The number of carbonyl (C=O) groups is 1. The first-order chi connectivity index (χ1) is 14.0. The van der Waals surface area contributed by atoms with Gasteiger partial charge in [0, 0.05) is 6.54 Å². The average molecular weight is 433 g/mol. The zero-order valence-electron chi connectivity index (χ0n) is 15.8. The Labute approximate surface area is 179 Å². The van der Waals surface area contributed by atoms with Crippen LogP contribution in [-0.2, 0) is 4.79 Å². The summed E-state index contributed by atoms with van der Waals surface area (Å²) in [7, 11) is 1.51. The SMILES string of the molecule is C=CCNC(=S)N/N=C/c1ccc(OCC(=O)Nc2ccccc2Cl)c(OC)c1. The fourth-order valence-electron chi connectivity index (χ4n) is 2.15. The zero-order chi connectivity index (χ0) is 21.1. The van der Waals surface area contributed by atoms with Gasteiger partial charge in [0.1, 0.15) is 0 Å². The van der Waals surface area contributed by atoms with E-state index >= 15 is 0 Å². The molecule has 0 bridgehead atoms. The number of rotatable bonds is 9. The van der Waals surface area contributed by atoms with Crippen molar-refractivity contribution in [1.82, 2.24) is 10.7 Å². The highest BCUT2D eigenvalue weighted by molar-refractivity contribution is 7.80. The molecular formula is C20H21ClN4O3S. The first-order valence-electron chi connectivity index (χ1n) is 8.56. The van der Waals surface area contributed by atoms with Crippen LogP contribution in [0.2, 0.25) is 5.02 Å². The highest BCUT2D eigenvalue weighted by Gasteiger charge is 2.10. The van der Waals surface area contributed by atoms with Gasteiger partial charge in [0.2, 0.25) is 0 Å². The van der Waals surface area contributed by atoms with Gasteiger partial charge in [-0.1, -0.05) is 29.8 Å². The first kappa shape index (κ1) is 22.2. The number of thiocarbonyl (C=S) groups is 1. The highest BCUT2D eigenvalue weighted by Crippen LogP contribution is 2.27. The first-order valence-corrected chi connectivity index (χ1v) is 9.35. The Balaban J connectivity index is 1.92. The number of para-hydroxylation sites is 1. The van der Waals surface area contributed by atoms with Crippen LogP contribution in [0.1, 0.15) is 5.56 Å². The van der Waals surface area contributed by atoms with E-state index in [1.807, 2.05) is 0 Å². The van der Waals surface area contributed by atoms with Crippen molar-refractivity contribution in [3.63, 3.8) is 0 Å². The van der Waals surface area contributed by atoms with E-state index in [2.05, 4.69) is 27.7 Å². The Kier molecular flexibility index (Phi) is 8.94. The summed E-state index contributed by atoms with van der Waals surface area (Å²) in [5, 5.41) is 10.5. The third-order valence-electron chi connectivity index (χ3n) is 3.48. The lowest BCUT2D eigenvalue weighted by Crippen LogP contribution is -2.31. The van der Waals surface area contributed by atoms with Crippen LogP contribution in [0.15, 0.2) is 60.2 Å². The summed E-state index contributed by atoms with van der Waals surface area (Å²) in [5.41, 5.74) is 3.97. The van der Waals surface area contributed by atoms with Crippen LogP contribution in [-0.4, -0.2) is 37.5 Å². The van der Waals surface area contributed by atoms with Crippen molar-refractivity contribution in [3.8, 4) is 11.5 Å². The number of hydrogen-bond acceptors (Lipinski definition) is 5. The number of nitrogens with one attached hydrogen (secondary N) is 3. The van der Waals surface area contributed by atoms with Gasteiger partial charge in [-0.3, -0.25) is 10.2 Å². The van der Waals surface area contributed by atoms with E-state index < -0.39 is 0 Å². The lowest BCUT2D eigenvalue weighted by atomic mass is 10.2. The second kappa shape index (κ2) is 11.7. The molecule has 0 heterocycles. The van der Waals surface area contributed by atoms with Crippen molar-refractivity contribution >= 4 is 46.7 Å². The van der Waals surface area contributed by atoms with Gasteiger partial charge in [0.15, 0.2) is 23.2 Å². The quantitative estimate of drug-likeness (QED) is 0.244. The van der Waals surface area contributed by atoms with Gasteiger partial charge < -0.3 is 20.1 Å². The predicted octanol–water partition coefficient (Wildman–Crippen LogP) is 3.35. The molecule has 0 radical (unpaired) electrons. The third kappa shape index (κ3) is 7.44. The number of hydrazone groups is 1. The maximum atomic E-state index is 12.1. The smallest absolute Gasteiger partial charge is 0.262 e. The topological polar surface area (TPSA) is 84.0 Å². The second-order valence-corrected chi connectivity index (χ2v) is 6.41. The second-order valence-electron chi connectivity index (χ2n) is 5.60. The van der Waals surface area contributed by atoms with Gasteiger partial charge in [0.05, 0.1) is 24.0 Å². The number of nitrogens with zero attached hydrogens (tertiary/aromatic N) is 1. The molecule has 7 nitrogen and oxygen atoms in total. The summed E-state index contributed by atoms with van der Waals surface area (Å²) in [6.45, 7) is 3.95. The number of ether oxygens (including phenoxy) is 2. The lowest BCUT2D eigenvalue weighted by molar-refractivity contribution is -0.118. The van der Waals surface area contributed by atoms with Crippen LogP contribution >= 0.6 is 23.8 Å². The maximum absolute atomic E-state index is 12.1. The lowest BCUT2D eigenvalue weighted by Gasteiger charge is -2.12. The minimum absolute atomic E-state index is 0.195. The van der Waals surface area contributed by atoms with Crippen LogP contribution in [0.3, 0.4) is 0 Å². The van der Waals surface area contributed by atoms with Crippen molar-refractivity contribution < 1.29 is 14.3 Å². The summed E-state index contributed by atoms with van der Waals surface area (Å²) in [6, 6.07) is 12.2. The van der Waals surface area contributed by atoms with Gasteiger partial charge in [-0.2, -0.15) is 5.10 Å². The molecule has 9 heteroatoms. The number of amides is 1. The number of methoxy groups -OCH3 is 1. The van der Waals surface area contributed by atoms with E-state index in [9.17, 15) is 4.79 Å². The Morgan fingerprint density at radius 3 is 2.79 bits per heavy atom.